The molecule has 4 aromatic heterocycles. The van der Waals surface area contributed by atoms with E-state index in [9.17, 15) is 10.5 Å². The maximum absolute atomic E-state index is 9.76. The summed E-state index contributed by atoms with van der Waals surface area (Å²) in [5.74, 6) is 0. The maximum atomic E-state index is 9.76. The normalized spacial score (nSPS) is 10.9. The third-order valence-corrected chi connectivity index (χ3v) is 9.84. The van der Waals surface area contributed by atoms with Crippen LogP contribution >= 0.6 is 0 Å². The molecule has 0 amide bonds. The van der Waals surface area contributed by atoms with Gasteiger partial charge in [0.25, 0.3) is 0 Å². The van der Waals surface area contributed by atoms with Gasteiger partial charge in [0, 0.05) is 50.7 Å². The molecule has 0 fully saturated rings. The zero-order valence-corrected chi connectivity index (χ0v) is 37.6. The van der Waals surface area contributed by atoms with Crippen molar-refractivity contribution in [1.29, 1.82) is 10.5 Å². The molecule has 7 rings (SSSR count). The molecule has 305 valence electrons. The van der Waals surface area contributed by atoms with Gasteiger partial charge in [0.05, 0.1) is 12.8 Å². The Balaban J connectivity index is 0.000000343. The van der Waals surface area contributed by atoms with Crippen LogP contribution in [0.1, 0.15) is 88.0 Å². The second-order valence-corrected chi connectivity index (χ2v) is 16.4. The number of hydrogen-bond acceptors (Lipinski definition) is 6. The first kappa shape index (κ1) is 45.2. The van der Waals surface area contributed by atoms with Gasteiger partial charge in [-0.05, 0) is 88.4 Å². The Labute approximate surface area is 372 Å². The summed E-state index contributed by atoms with van der Waals surface area (Å²) in [6, 6.07) is 36.1. The fraction of sp³-hybridized carbons (Fsp3) is 0.260. The number of pyridine rings is 2. The molecule has 0 spiro atoms. The summed E-state index contributed by atoms with van der Waals surface area (Å²) in [5.41, 5.74) is 10.6. The van der Waals surface area contributed by atoms with Crippen LogP contribution < -0.4 is 4.57 Å². The van der Waals surface area contributed by atoms with Crippen LogP contribution in [0.2, 0.25) is 0 Å². The number of aryl methyl sites for hydroxylation is 3. The molecule has 3 aromatic carbocycles. The quantitative estimate of drug-likeness (QED) is 0.0851. The maximum Gasteiger partial charge on any atom is 0.236 e. The summed E-state index contributed by atoms with van der Waals surface area (Å²) >= 11 is 0. The molecule has 0 bridgehead atoms. The Morgan fingerprint density at radius 3 is 1.93 bits per heavy atom. The first-order valence-corrected chi connectivity index (χ1v) is 19.5. The van der Waals surface area contributed by atoms with Gasteiger partial charge in [-0.25, -0.2) is 15.4 Å². The van der Waals surface area contributed by atoms with Gasteiger partial charge in [-0.3, -0.25) is 4.98 Å². The van der Waals surface area contributed by atoms with Gasteiger partial charge in [0.2, 0.25) is 11.3 Å². The van der Waals surface area contributed by atoms with Crippen LogP contribution in [0, 0.1) is 60.3 Å². The minimum absolute atomic E-state index is 0. The molecule has 0 aliphatic heterocycles. The topological polar surface area (TPSA) is 117 Å². The van der Waals surface area contributed by atoms with Crippen molar-refractivity contribution in [2.45, 2.75) is 78.1 Å². The number of nitrogens with zero attached hydrogens (tertiary/aromatic N) is 10. The number of unbranched alkanes of at least 4 members (excludes halogenated alkanes) is 1. The Morgan fingerprint density at radius 1 is 0.754 bits per heavy atom. The van der Waals surface area contributed by atoms with E-state index in [4.69, 9.17) is 23.1 Å². The van der Waals surface area contributed by atoms with E-state index in [1.807, 2.05) is 52.6 Å². The van der Waals surface area contributed by atoms with Crippen molar-refractivity contribution < 1.29 is 24.7 Å². The average Bonchev–Trinajstić information content (AvgIpc) is 3.60. The van der Waals surface area contributed by atoms with Crippen molar-refractivity contribution >= 4 is 22.7 Å². The number of benzene rings is 3. The van der Waals surface area contributed by atoms with E-state index in [2.05, 4.69) is 110 Å². The number of hydrogen-bond donors (Lipinski definition) is 0. The smallest absolute Gasteiger partial charge is 0.236 e. The summed E-state index contributed by atoms with van der Waals surface area (Å²) in [6.45, 7) is 27.9. The second-order valence-electron chi connectivity index (χ2n) is 16.4. The Bertz CT molecular complexity index is 2720. The minimum atomic E-state index is -0.115. The minimum Gasteiger partial charge on any atom is -0.359 e. The van der Waals surface area contributed by atoms with Gasteiger partial charge in [-0.15, -0.1) is 23.8 Å². The predicted molar refractivity (Wildman–Crippen MR) is 231 cm³/mol. The number of nitriles is 2. The summed E-state index contributed by atoms with van der Waals surface area (Å²) in [5, 5.41) is 19.0. The van der Waals surface area contributed by atoms with Crippen LogP contribution in [0.3, 0.4) is 0 Å². The molecule has 0 aliphatic rings. The number of aromatic nitrogens is 6. The number of para-hydroxylation sites is 1. The van der Waals surface area contributed by atoms with Crippen LogP contribution in [0.25, 0.3) is 49.2 Å². The van der Waals surface area contributed by atoms with E-state index in [0.29, 0.717) is 45.0 Å². The summed E-state index contributed by atoms with van der Waals surface area (Å²) in [4.78, 5) is 25.5. The first-order chi connectivity index (χ1) is 28.7. The monoisotopic (exact) mass is 976 g/mol. The molecule has 61 heavy (non-hydrogen) atoms. The van der Waals surface area contributed by atoms with Crippen molar-refractivity contribution in [2.75, 3.05) is 0 Å². The molecule has 0 saturated carbocycles. The third kappa shape index (κ3) is 10.8. The zero-order valence-electron chi connectivity index (χ0n) is 35.2. The molecule has 0 atom stereocenters. The van der Waals surface area contributed by atoms with Crippen molar-refractivity contribution in [3.8, 4) is 40.3 Å². The molecule has 7 aromatic rings. The molecule has 10 nitrogen and oxygen atoms in total. The van der Waals surface area contributed by atoms with Crippen molar-refractivity contribution in [1.82, 2.24) is 24.5 Å². The van der Waals surface area contributed by atoms with E-state index in [1.54, 1.807) is 36.7 Å². The van der Waals surface area contributed by atoms with Gasteiger partial charge in [0.15, 0.2) is 12.0 Å². The van der Waals surface area contributed by atoms with Crippen LogP contribution in [0.5, 0.6) is 0 Å². The van der Waals surface area contributed by atoms with Crippen molar-refractivity contribution in [3.63, 3.8) is 0 Å². The van der Waals surface area contributed by atoms with Crippen LogP contribution in [0.15, 0.2) is 85.2 Å². The van der Waals surface area contributed by atoms with E-state index in [1.165, 1.54) is 0 Å². The van der Waals surface area contributed by atoms with E-state index in [0.717, 1.165) is 65.2 Å². The molecule has 4 heterocycles. The molecule has 0 saturated heterocycles. The fourth-order valence-corrected chi connectivity index (χ4v) is 6.51. The van der Waals surface area contributed by atoms with Crippen LogP contribution in [-0.4, -0.2) is 24.5 Å². The number of rotatable bonds is 8. The predicted octanol–water partition coefficient (Wildman–Crippen LogP) is 10.3. The van der Waals surface area contributed by atoms with Crippen molar-refractivity contribution in [3.05, 3.63) is 166 Å². The molecule has 0 N–H and O–H groups in total. The molecule has 11 heteroatoms. The standard InChI is InChI=1S/C38H34N6.C12H9N4.Ir/c1-37(2,3)27-19-30(43-35(21-27)32-16-14-29(41-7)18-26(32)24-40)11-9-10-12-31-20-28(38(4,5)6)22-36(44-31)33-15-13-25(23-39)17-34(33)42-8;1-15-9-16(10-5-3-2-4-6-10)12-11(15)13-7-8-14-12;/h13-14,17-22H,9-12H2,1-6H3;2-5,7-8H,1H3;/q-2;-1;. The van der Waals surface area contributed by atoms with E-state index < -0.39 is 0 Å². The van der Waals surface area contributed by atoms with Gasteiger partial charge in [-0.1, -0.05) is 77.1 Å². The second kappa shape index (κ2) is 19.5. The zero-order chi connectivity index (χ0) is 43.0. The molecule has 0 aliphatic carbocycles. The Morgan fingerprint density at radius 2 is 1.38 bits per heavy atom. The molecular weight excluding hydrogens is 933 g/mol. The molecule has 0 unspecified atom stereocenters. The van der Waals surface area contributed by atoms with E-state index in [-0.39, 0.29) is 30.9 Å². The number of fused-ring (bicyclic) bond motifs is 1. The fourth-order valence-electron chi connectivity index (χ4n) is 6.51. The average molecular weight is 976 g/mol. The summed E-state index contributed by atoms with van der Waals surface area (Å²) < 4.78 is 3.67. The first-order valence-electron chi connectivity index (χ1n) is 19.5. The van der Waals surface area contributed by atoms with E-state index >= 15 is 0 Å². The number of imidazole rings is 1. The Kier molecular flexibility index (Phi) is 14.4. The third-order valence-electron chi connectivity index (χ3n) is 9.84. The summed E-state index contributed by atoms with van der Waals surface area (Å²) in [7, 11) is 1.90. The van der Waals surface area contributed by atoms with Crippen molar-refractivity contribution in [2.24, 2.45) is 7.05 Å². The van der Waals surface area contributed by atoms with Gasteiger partial charge < -0.3 is 19.1 Å². The van der Waals surface area contributed by atoms with Crippen LogP contribution in [0.4, 0.5) is 11.4 Å². The van der Waals surface area contributed by atoms with Gasteiger partial charge in [0.1, 0.15) is 18.4 Å². The van der Waals surface area contributed by atoms with Gasteiger partial charge >= 0.3 is 0 Å². The van der Waals surface area contributed by atoms with Gasteiger partial charge in [-0.2, -0.15) is 40.2 Å². The molecular formula is C50H43IrN10-3. The largest absolute Gasteiger partial charge is 0.359 e. The summed E-state index contributed by atoms with van der Waals surface area (Å²) in [6.07, 6.45) is 9.79. The Hall–Kier alpha value is -6.88. The molecule has 1 radical (unpaired) electrons. The van der Waals surface area contributed by atoms with Crippen LogP contribution in [-0.2, 0) is 50.8 Å². The SMILES string of the molecule is C[n+]1[c-]n(-c2[c-]cccc2)c2nccnc21.[C-]#[N+]c1c[c-]c(-c2cc(C(C)(C)C)cc(CCCCc3cc(C(C)(C)C)cc(-c4[c-]cc(C#N)cc4[N+]#[C-])n3)n2)c(C#N)c1.[Ir].